The van der Waals surface area contributed by atoms with Gasteiger partial charge in [-0.05, 0) is 41.5 Å². The van der Waals surface area contributed by atoms with Gasteiger partial charge in [-0.2, -0.15) is 13.2 Å². The van der Waals surface area contributed by atoms with Crippen LogP contribution in [0.1, 0.15) is 41.5 Å². The highest BCUT2D eigenvalue weighted by Gasteiger charge is 2.48. The highest BCUT2D eigenvalue weighted by atomic mass is 19.4. The molecule has 26 heavy (non-hydrogen) atoms. The maximum atomic E-state index is 13.2. The minimum atomic E-state index is -4.39. The Labute approximate surface area is 151 Å². The third kappa shape index (κ3) is 3.92. The Bertz CT molecular complexity index is 783. The van der Waals surface area contributed by atoms with Crippen LogP contribution in [0.4, 0.5) is 13.2 Å². The van der Waals surface area contributed by atoms with Crippen LogP contribution in [0.5, 0.6) is 0 Å². The van der Waals surface area contributed by atoms with Crippen molar-refractivity contribution >= 4 is 5.91 Å². The standard InChI is InChI=1S/C21H22F3NO/c1-3-14-8-10-15(11-9-14)13-25(2)20(26)18-12-17(18)16-6-4-5-7-19(16)21(22,23)24/h4-11,17-18H,3,12-13H2,1-2H3. The summed E-state index contributed by atoms with van der Waals surface area (Å²) in [6, 6.07) is 13.6. The molecule has 0 N–H and O–H groups in total. The van der Waals surface area contributed by atoms with Gasteiger partial charge in [0.15, 0.2) is 0 Å². The summed E-state index contributed by atoms with van der Waals surface area (Å²) in [6.07, 6.45) is -2.96. The molecule has 1 saturated carbocycles. The zero-order valence-electron chi connectivity index (χ0n) is 14.9. The van der Waals surface area contributed by atoms with E-state index in [0.717, 1.165) is 18.1 Å². The molecule has 0 saturated heterocycles. The van der Waals surface area contributed by atoms with Crippen LogP contribution in [0.3, 0.4) is 0 Å². The van der Waals surface area contributed by atoms with Crippen LogP contribution >= 0.6 is 0 Å². The summed E-state index contributed by atoms with van der Waals surface area (Å²) in [5.41, 5.74) is 1.86. The zero-order valence-corrected chi connectivity index (χ0v) is 14.9. The van der Waals surface area contributed by atoms with Crippen LogP contribution in [0.25, 0.3) is 0 Å². The zero-order chi connectivity index (χ0) is 18.9. The number of hydrogen-bond acceptors (Lipinski definition) is 1. The van der Waals surface area contributed by atoms with Crippen molar-refractivity contribution in [3.63, 3.8) is 0 Å². The second kappa shape index (κ2) is 7.14. The molecule has 1 aliphatic rings. The number of halogens is 3. The largest absolute Gasteiger partial charge is 0.416 e. The molecule has 0 bridgehead atoms. The summed E-state index contributed by atoms with van der Waals surface area (Å²) in [5, 5.41) is 0. The lowest BCUT2D eigenvalue weighted by atomic mass is 10.0. The Morgan fingerprint density at radius 3 is 2.31 bits per heavy atom. The number of amides is 1. The van der Waals surface area contributed by atoms with Crippen LogP contribution in [0.2, 0.25) is 0 Å². The van der Waals surface area contributed by atoms with E-state index >= 15 is 0 Å². The number of rotatable bonds is 5. The molecule has 1 aliphatic carbocycles. The second-order valence-electron chi connectivity index (χ2n) is 6.90. The van der Waals surface area contributed by atoms with E-state index in [9.17, 15) is 18.0 Å². The first kappa shape index (κ1) is 18.5. The molecule has 3 rings (SSSR count). The number of benzene rings is 2. The highest BCUT2D eigenvalue weighted by Crippen LogP contribution is 2.51. The van der Waals surface area contributed by atoms with E-state index in [1.54, 1.807) is 18.0 Å². The maximum absolute atomic E-state index is 13.2. The normalized spacial score (nSPS) is 19.3. The van der Waals surface area contributed by atoms with E-state index in [1.165, 1.54) is 17.7 Å². The predicted octanol–water partition coefficient (Wildman–Crippen LogP) is 5.03. The fourth-order valence-electron chi connectivity index (χ4n) is 3.41. The van der Waals surface area contributed by atoms with Crippen LogP contribution in [-0.2, 0) is 23.9 Å². The fraction of sp³-hybridized carbons (Fsp3) is 0.381. The third-order valence-electron chi connectivity index (χ3n) is 5.00. The first-order valence-corrected chi connectivity index (χ1v) is 8.80. The number of alkyl halides is 3. The van der Waals surface area contributed by atoms with Crippen molar-refractivity contribution < 1.29 is 18.0 Å². The van der Waals surface area contributed by atoms with E-state index < -0.39 is 11.7 Å². The van der Waals surface area contributed by atoms with Crippen molar-refractivity contribution in [2.24, 2.45) is 5.92 Å². The molecule has 0 aromatic heterocycles. The second-order valence-corrected chi connectivity index (χ2v) is 6.90. The topological polar surface area (TPSA) is 20.3 Å². The molecule has 138 valence electrons. The molecule has 1 fully saturated rings. The number of nitrogens with zero attached hydrogens (tertiary/aromatic N) is 1. The lowest BCUT2D eigenvalue weighted by molar-refractivity contribution is -0.138. The Morgan fingerprint density at radius 2 is 1.69 bits per heavy atom. The summed E-state index contributed by atoms with van der Waals surface area (Å²) in [5.74, 6) is -0.796. The van der Waals surface area contributed by atoms with E-state index in [2.05, 4.69) is 6.92 Å². The smallest absolute Gasteiger partial charge is 0.341 e. The molecule has 1 amide bonds. The van der Waals surface area contributed by atoms with Crippen LogP contribution in [0.15, 0.2) is 48.5 Å². The number of aryl methyl sites for hydroxylation is 1. The van der Waals surface area contributed by atoms with Crippen molar-refractivity contribution in [3.05, 3.63) is 70.8 Å². The van der Waals surface area contributed by atoms with Crippen LogP contribution in [0, 0.1) is 5.92 Å². The fourth-order valence-corrected chi connectivity index (χ4v) is 3.41. The lowest BCUT2D eigenvalue weighted by Gasteiger charge is -2.18. The first-order valence-electron chi connectivity index (χ1n) is 8.80. The summed E-state index contributed by atoms with van der Waals surface area (Å²) in [7, 11) is 1.71. The maximum Gasteiger partial charge on any atom is 0.416 e. The summed E-state index contributed by atoms with van der Waals surface area (Å²) in [4.78, 5) is 14.2. The average molecular weight is 361 g/mol. The van der Waals surface area contributed by atoms with Gasteiger partial charge in [0.2, 0.25) is 5.91 Å². The van der Waals surface area contributed by atoms with Gasteiger partial charge in [-0.15, -0.1) is 0 Å². The van der Waals surface area contributed by atoms with Gasteiger partial charge < -0.3 is 4.90 Å². The van der Waals surface area contributed by atoms with Crippen molar-refractivity contribution in [1.29, 1.82) is 0 Å². The van der Waals surface area contributed by atoms with Gasteiger partial charge >= 0.3 is 6.18 Å². The molecule has 0 spiro atoms. The molecule has 2 aromatic rings. The highest BCUT2D eigenvalue weighted by molar-refractivity contribution is 5.83. The van der Waals surface area contributed by atoms with E-state index in [1.807, 2.05) is 24.3 Å². The summed E-state index contributed by atoms with van der Waals surface area (Å²) < 4.78 is 39.5. The van der Waals surface area contributed by atoms with E-state index in [4.69, 9.17) is 0 Å². The molecule has 0 aliphatic heterocycles. The molecular formula is C21H22F3NO. The van der Waals surface area contributed by atoms with Gasteiger partial charge in [0.05, 0.1) is 5.56 Å². The monoisotopic (exact) mass is 361 g/mol. The quantitative estimate of drug-likeness (QED) is 0.731. The molecular weight excluding hydrogens is 339 g/mol. The molecule has 2 unspecified atom stereocenters. The van der Waals surface area contributed by atoms with Gasteiger partial charge in [-0.1, -0.05) is 49.4 Å². The van der Waals surface area contributed by atoms with Crippen LogP contribution < -0.4 is 0 Å². The Morgan fingerprint density at radius 1 is 1.08 bits per heavy atom. The van der Waals surface area contributed by atoms with Crippen molar-refractivity contribution in [2.45, 2.75) is 38.4 Å². The Balaban J connectivity index is 1.67. The first-order chi connectivity index (χ1) is 12.3. The number of carbonyl (C=O) groups excluding carboxylic acids is 1. The van der Waals surface area contributed by atoms with Crippen molar-refractivity contribution in [1.82, 2.24) is 4.90 Å². The SMILES string of the molecule is CCc1ccc(CN(C)C(=O)C2CC2c2ccccc2C(F)(F)F)cc1. The van der Waals surface area contributed by atoms with E-state index in [-0.39, 0.29) is 23.3 Å². The average Bonchev–Trinajstić information content (AvgIpc) is 3.41. The predicted molar refractivity (Wildman–Crippen MR) is 94.6 cm³/mol. The van der Waals surface area contributed by atoms with Gasteiger partial charge in [0, 0.05) is 19.5 Å². The lowest BCUT2D eigenvalue weighted by Crippen LogP contribution is -2.28. The minimum Gasteiger partial charge on any atom is -0.341 e. The van der Waals surface area contributed by atoms with E-state index in [0.29, 0.717) is 13.0 Å². The van der Waals surface area contributed by atoms with Gasteiger partial charge in [0.25, 0.3) is 0 Å². The summed E-state index contributed by atoms with van der Waals surface area (Å²) >= 11 is 0. The molecule has 0 radical (unpaired) electrons. The number of hydrogen-bond donors (Lipinski definition) is 0. The van der Waals surface area contributed by atoms with Crippen molar-refractivity contribution in [2.75, 3.05) is 7.05 Å². The molecule has 2 atom stereocenters. The molecule has 2 aromatic carbocycles. The van der Waals surface area contributed by atoms with Gasteiger partial charge in [-0.25, -0.2) is 0 Å². The molecule has 2 nitrogen and oxygen atoms in total. The van der Waals surface area contributed by atoms with Crippen molar-refractivity contribution in [3.8, 4) is 0 Å². The Kier molecular flexibility index (Phi) is 5.08. The third-order valence-corrected chi connectivity index (χ3v) is 5.00. The minimum absolute atomic E-state index is 0.0912. The number of carbonyl (C=O) groups is 1. The van der Waals surface area contributed by atoms with Gasteiger partial charge in [0.1, 0.15) is 0 Å². The Hall–Kier alpha value is -2.30. The summed E-state index contributed by atoms with van der Waals surface area (Å²) in [6.45, 7) is 2.55. The molecule has 0 heterocycles. The van der Waals surface area contributed by atoms with Gasteiger partial charge in [-0.3, -0.25) is 4.79 Å². The molecule has 5 heteroatoms. The van der Waals surface area contributed by atoms with Crippen LogP contribution in [-0.4, -0.2) is 17.9 Å².